The molecule has 0 fully saturated rings. The molecule has 1 heterocycles. The number of hydrogen-bond donors (Lipinski definition) is 0. The van der Waals surface area contributed by atoms with Crippen molar-refractivity contribution in [1.29, 1.82) is 0 Å². The van der Waals surface area contributed by atoms with Crippen LogP contribution in [0.1, 0.15) is 67.3 Å². The molecule has 228 valence electrons. The van der Waals surface area contributed by atoms with Gasteiger partial charge in [0, 0.05) is 0 Å². The van der Waals surface area contributed by atoms with Gasteiger partial charge in [-0.2, -0.15) is 0 Å². The summed E-state index contributed by atoms with van der Waals surface area (Å²) in [6.45, 7) is 14.7. The molecular weight excluding hydrogens is 582 g/mol. The molecule has 0 amide bonds. The smallest absolute Gasteiger partial charge is 0.389 e. The van der Waals surface area contributed by atoms with Gasteiger partial charge >= 0.3 is 17.1 Å². The SMILES string of the molecule is CC(=Nc1c(C)cccc1C)c1cccc(C(C)=Nc2c(C)cccc2C(C)C)n1.[CH2-]S(C)(C)C.[CH2-]S(C)(C)C.[Fe+2]. The molecule has 0 saturated heterocycles. The zero-order valence-electron chi connectivity index (χ0n) is 27.7. The minimum atomic E-state index is -0.417. The van der Waals surface area contributed by atoms with Crippen LogP contribution in [0, 0.1) is 33.3 Å². The summed E-state index contributed by atoms with van der Waals surface area (Å²) in [6, 6.07) is 18.7. The number of nitrogens with zero attached hydrogens (tertiary/aromatic N) is 3. The fourth-order valence-electron chi connectivity index (χ4n) is 3.57. The average molecular weight is 636 g/mol. The number of pyridine rings is 1. The van der Waals surface area contributed by atoms with Crippen LogP contribution in [0.4, 0.5) is 11.4 Å². The van der Waals surface area contributed by atoms with Gasteiger partial charge in [0.1, 0.15) is 0 Å². The van der Waals surface area contributed by atoms with Gasteiger partial charge in [-0.15, -0.1) is 0 Å². The molecule has 0 aliphatic heterocycles. The van der Waals surface area contributed by atoms with E-state index in [0.717, 1.165) is 34.2 Å². The van der Waals surface area contributed by atoms with Crippen LogP contribution in [0.25, 0.3) is 0 Å². The van der Waals surface area contributed by atoms with E-state index in [1.807, 2.05) is 32.0 Å². The van der Waals surface area contributed by atoms with Gasteiger partial charge in [0.25, 0.3) is 0 Å². The third-order valence-electron chi connectivity index (χ3n) is 5.38. The van der Waals surface area contributed by atoms with Crippen molar-refractivity contribution in [1.82, 2.24) is 4.98 Å². The van der Waals surface area contributed by atoms with E-state index in [2.05, 4.69) is 121 Å². The fourth-order valence-corrected chi connectivity index (χ4v) is 3.57. The van der Waals surface area contributed by atoms with Crippen molar-refractivity contribution in [2.75, 3.05) is 37.5 Å². The quantitative estimate of drug-likeness (QED) is 0.156. The fraction of sp³-hybridized carbons (Fsp3) is 0.400. The predicted molar refractivity (Wildman–Crippen MR) is 191 cm³/mol. The monoisotopic (exact) mass is 635 g/mol. The van der Waals surface area contributed by atoms with Crippen molar-refractivity contribution in [3.63, 3.8) is 0 Å². The zero-order valence-corrected chi connectivity index (χ0v) is 30.4. The number of aryl methyl sites for hydroxylation is 3. The summed E-state index contributed by atoms with van der Waals surface area (Å²) in [4.78, 5) is 14.7. The van der Waals surface area contributed by atoms with Gasteiger partial charge in [0.2, 0.25) is 0 Å². The normalized spacial score (nSPS) is 12.9. The summed E-state index contributed by atoms with van der Waals surface area (Å²) in [5, 5.41) is 0. The van der Waals surface area contributed by atoms with Crippen molar-refractivity contribution in [2.45, 2.75) is 54.4 Å². The molecule has 0 unspecified atom stereocenters. The van der Waals surface area contributed by atoms with Crippen LogP contribution in [-0.4, -0.2) is 53.9 Å². The van der Waals surface area contributed by atoms with Gasteiger partial charge in [-0.1, -0.05) is 93.8 Å². The van der Waals surface area contributed by atoms with Crippen molar-refractivity contribution in [3.8, 4) is 0 Å². The van der Waals surface area contributed by atoms with E-state index in [-0.39, 0.29) is 17.1 Å². The molecule has 0 atom stereocenters. The van der Waals surface area contributed by atoms with E-state index in [0.29, 0.717) is 5.92 Å². The largest absolute Gasteiger partial charge is 2.00 e. The first-order valence-corrected chi connectivity index (χ1v) is 19.6. The topological polar surface area (TPSA) is 37.6 Å². The van der Waals surface area contributed by atoms with Gasteiger partial charge in [-0.3, -0.25) is 9.98 Å². The van der Waals surface area contributed by atoms with Crippen LogP contribution in [-0.2, 0) is 17.1 Å². The Bertz CT molecular complexity index is 1270. The second kappa shape index (κ2) is 17.3. The molecule has 0 bridgehead atoms. The molecule has 1 aromatic heterocycles. The number of hydrogen-bond acceptors (Lipinski definition) is 3. The molecule has 0 saturated carbocycles. The molecule has 3 nitrogen and oxygen atoms in total. The predicted octanol–water partition coefficient (Wildman–Crippen LogP) is 10.4. The third-order valence-corrected chi connectivity index (χ3v) is 5.38. The first-order chi connectivity index (χ1) is 18.3. The molecule has 3 aromatic rings. The summed E-state index contributed by atoms with van der Waals surface area (Å²) in [6.07, 6.45) is 20.7. The molecule has 3 rings (SSSR count). The number of benzene rings is 2. The van der Waals surface area contributed by atoms with Crippen LogP contribution in [0.2, 0.25) is 0 Å². The minimum absolute atomic E-state index is 0. The maximum atomic E-state index is 4.98. The van der Waals surface area contributed by atoms with Crippen LogP contribution in [0.3, 0.4) is 0 Å². The molecule has 2 aromatic carbocycles. The zero-order chi connectivity index (χ0) is 30.8. The summed E-state index contributed by atoms with van der Waals surface area (Å²) in [7, 11) is -0.833. The first kappa shape index (κ1) is 39.1. The Morgan fingerprint density at radius 2 is 0.951 bits per heavy atom. The number of rotatable bonds is 5. The Kier molecular flexibility index (Phi) is 16.5. The van der Waals surface area contributed by atoms with Crippen molar-refractivity contribution in [2.24, 2.45) is 9.98 Å². The Balaban J connectivity index is 0.00000125. The summed E-state index contributed by atoms with van der Waals surface area (Å²) in [5.74, 6) is 0.419. The van der Waals surface area contributed by atoms with Gasteiger partial charge < -0.3 is 32.6 Å². The average Bonchev–Trinajstić information content (AvgIpc) is 2.80. The number of aliphatic imine (C=N–C) groups is 2. The van der Waals surface area contributed by atoms with Crippen molar-refractivity contribution in [3.05, 3.63) is 101 Å². The van der Waals surface area contributed by atoms with E-state index >= 15 is 0 Å². The Morgan fingerprint density at radius 1 is 0.634 bits per heavy atom. The minimum Gasteiger partial charge on any atom is -0.389 e. The molecular formula is C35H53FeN3S2. The molecule has 0 spiro atoms. The molecule has 6 heteroatoms. The van der Waals surface area contributed by atoms with Crippen LogP contribution >= 0.6 is 20.1 Å². The first-order valence-electron chi connectivity index (χ1n) is 13.5. The molecule has 0 aliphatic carbocycles. The van der Waals surface area contributed by atoms with Gasteiger partial charge in [-0.05, 0) is 74.9 Å². The second-order valence-corrected chi connectivity index (χ2v) is 20.8. The van der Waals surface area contributed by atoms with Gasteiger partial charge in [-0.25, -0.2) is 4.98 Å². The van der Waals surface area contributed by atoms with E-state index in [4.69, 9.17) is 15.0 Å². The van der Waals surface area contributed by atoms with E-state index in [1.54, 1.807) is 0 Å². The Morgan fingerprint density at radius 3 is 1.34 bits per heavy atom. The van der Waals surface area contributed by atoms with E-state index in [1.165, 1.54) is 22.3 Å². The second-order valence-electron chi connectivity index (χ2n) is 12.4. The third kappa shape index (κ3) is 15.8. The van der Waals surface area contributed by atoms with Crippen molar-refractivity contribution < 1.29 is 17.1 Å². The van der Waals surface area contributed by atoms with Crippen molar-refractivity contribution >= 4 is 42.9 Å². The van der Waals surface area contributed by atoms with E-state index in [9.17, 15) is 0 Å². The Hall–Kier alpha value is -1.85. The Labute approximate surface area is 266 Å². The van der Waals surface area contributed by atoms with Crippen LogP contribution in [0.5, 0.6) is 0 Å². The summed E-state index contributed by atoms with van der Waals surface area (Å²) >= 11 is 0. The standard InChI is InChI=1S/C27H31N3.2C4H11S.Fe/c1-17(2)23-14-9-13-20(5)27(23)29-22(7)25-16-10-15-24(30-25)21(6)28-26-18(3)11-8-12-19(26)4;2*1-5(2,3)4;/h8-17H,1-7H3;2*1H2,2-4H3;/q;2*-1;+2. The molecule has 41 heavy (non-hydrogen) atoms. The maximum Gasteiger partial charge on any atom is 2.00 e. The van der Waals surface area contributed by atoms with E-state index < -0.39 is 20.1 Å². The van der Waals surface area contributed by atoms with Gasteiger partial charge in [0.15, 0.2) is 0 Å². The maximum absolute atomic E-state index is 4.98. The van der Waals surface area contributed by atoms with Crippen LogP contribution < -0.4 is 0 Å². The molecule has 0 aliphatic rings. The van der Waals surface area contributed by atoms with Gasteiger partial charge in [0.05, 0.1) is 34.2 Å². The summed E-state index contributed by atoms with van der Waals surface area (Å²) < 4.78 is 0. The van der Waals surface area contributed by atoms with Crippen LogP contribution in [0.15, 0.2) is 64.6 Å². The number of aromatic nitrogens is 1. The number of para-hydroxylation sites is 2. The summed E-state index contributed by atoms with van der Waals surface area (Å²) in [5.41, 5.74) is 10.4. The molecule has 0 radical (unpaired) electrons. The molecule has 0 N–H and O–H groups in total.